The molecule has 7 heteroatoms. The number of pyridine rings is 1. The number of hydrogen-bond acceptors (Lipinski definition) is 5. The van der Waals surface area contributed by atoms with Crippen molar-refractivity contribution >= 4 is 11.8 Å². The van der Waals surface area contributed by atoms with Crippen LogP contribution in [0.5, 0.6) is 11.5 Å². The summed E-state index contributed by atoms with van der Waals surface area (Å²) in [6, 6.07) is 11.8. The molecule has 0 bridgehead atoms. The van der Waals surface area contributed by atoms with Gasteiger partial charge in [0.2, 0.25) is 0 Å². The fourth-order valence-electron chi connectivity index (χ4n) is 2.88. The van der Waals surface area contributed by atoms with Gasteiger partial charge in [0.1, 0.15) is 11.9 Å². The van der Waals surface area contributed by atoms with Crippen LogP contribution >= 0.6 is 0 Å². The van der Waals surface area contributed by atoms with Gasteiger partial charge in [-0.1, -0.05) is 18.2 Å². The molecule has 0 aliphatic heterocycles. The Balaban J connectivity index is 1.81. The zero-order valence-corrected chi connectivity index (χ0v) is 18.1. The van der Waals surface area contributed by atoms with Crippen molar-refractivity contribution in [2.24, 2.45) is 4.99 Å². The monoisotopic (exact) mass is 399 g/mol. The summed E-state index contributed by atoms with van der Waals surface area (Å²) >= 11 is 0. The van der Waals surface area contributed by atoms with Crippen molar-refractivity contribution in [3.63, 3.8) is 0 Å². The van der Waals surface area contributed by atoms with Gasteiger partial charge in [0.15, 0.2) is 17.5 Å². The van der Waals surface area contributed by atoms with E-state index in [1.54, 1.807) is 14.2 Å². The van der Waals surface area contributed by atoms with Crippen LogP contribution < -0.4 is 25.0 Å². The van der Waals surface area contributed by atoms with Crippen molar-refractivity contribution in [1.82, 2.24) is 15.6 Å². The molecule has 0 aliphatic carbocycles. The van der Waals surface area contributed by atoms with E-state index in [0.717, 1.165) is 36.0 Å². The Bertz CT molecular complexity index is 760. The van der Waals surface area contributed by atoms with Gasteiger partial charge in [0.05, 0.1) is 13.7 Å². The van der Waals surface area contributed by atoms with E-state index in [4.69, 9.17) is 9.47 Å². The van der Waals surface area contributed by atoms with Crippen molar-refractivity contribution in [3.05, 3.63) is 48.2 Å². The lowest BCUT2D eigenvalue weighted by Gasteiger charge is -2.20. The SMILES string of the molecule is CCN(CC)c1ccc(CNC(=NC)NCC(C)Oc2ccccc2OC)cn1. The highest BCUT2D eigenvalue weighted by molar-refractivity contribution is 5.79. The maximum Gasteiger partial charge on any atom is 0.191 e. The normalized spacial score (nSPS) is 12.2. The molecule has 2 aromatic rings. The number of guanidine groups is 1. The van der Waals surface area contributed by atoms with Gasteiger partial charge < -0.3 is 25.0 Å². The molecule has 1 atom stereocenters. The molecule has 0 fully saturated rings. The molecule has 1 aromatic carbocycles. The number of aliphatic imine (C=N–C) groups is 1. The lowest BCUT2D eigenvalue weighted by molar-refractivity contribution is 0.213. The number of methoxy groups -OCH3 is 1. The maximum absolute atomic E-state index is 5.97. The van der Waals surface area contributed by atoms with E-state index in [1.807, 2.05) is 37.4 Å². The minimum atomic E-state index is -0.0557. The first-order valence-electron chi connectivity index (χ1n) is 10.0. The Kier molecular flexibility index (Phi) is 9.08. The van der Waals surface area contributed by atoms with Crippen LogP contribution in [0, 0.1) is 0 Å². The first-order chi connectivity index (χ1) is 14.1. The Morgan fingerprint density at radius 3 is 2.41 bits per heavy atom. The fraction of sp³-hybridized carbons (Fsp3) is 0.455. The summed E-state index contributed by atoms with van der Waals surface area (Å²) in [5.41, 5.74) is 1.10. The van der Waals surface area contributed by atoms with Crippen molar-refractivity contribution in [3.8, 4) is 11.5 Å². The number of hydrogen-bond donors (Lipinski definition) is 2. The van der Waals surface area contributed by atoms with Crippen LogP contribution in [0.15, 0.2) is 47.6 Å². The van der Waals surface area contributed by atoms with Crippen LogP contribution in [0.3, 0.4) is 0 Å². The Labute approximate surface area is 174 Å². The molecule has 1 heterocycles. The second-order valence-corrected chi connectivity index (χ2v) is 6.58. The van der Waals surface area contributed by atoms with Gasteiger partial charge in [0, 0.05) is 32.9 Å². The number of aromatic nitrogens is 1. The van der Waals surface area contributed by atoms with Crippen molar-refractivity contribution in [1.29, 1.82) is 0 Å². The third kappa shape index (κ3) is 6.85. The molecule has 0 radical (unpaired) electrons. The lowest BCUT2D eigenvalue weighted by atomic mass is 10.2. The summed E-state index contributed by atoms with van der Waals surface area (Å²) in [5.74, 6) is 3.17. The molecule has 2 rings (SSSR count). The Morgan fingerprint density at radius 1 is 1.10 bits per heavy atom. The molecule has 0 amide bonds. The van der Waals surface area contributed by atoms with Crippen LogP contribution in [0.25, 0.3) is 0 Å². The van der Waals surface area contributed by atoms with Crippen LogP contribution in [0.2, 0.25) is 0 Å². The largest absolute Gasteiger partial charge is 0.493 e. The molecule has 29 heavy (non-hydrogen) atoms. The van der Waals surface area contributed by atoms with Crippen LogP contribution in [0.4, 0.5) is 5.82 Å². The van der Waals surface area contributed by atoms with E-state index in [-0.39, 0.29) is 6.10 Å². The van der Waals surface area contributed by atoms with E-state index in [1.165, 1.54) is 0 Å². The summed E-state index contributed by atoms with van der Waals surface area (Å²) in [7, 11) is 3.39. The molecule has 0 aliphatic rings. The molecule has 0 saturated carbocycles. The number of ether oxygens (including phenoxy) is 2. The number of nitrogens with one attached hydrogen (secondary N) is 2. The highest BCUT2D eigenvalue weighted by Gasteiger charge is 2.09. The standard InChI is InChI=1S/C22H33N5O2/c1-6-27(7-2)21-13-12-18(15-24-21)16-26-22(23-4)25-14-17(3)29-20-11-9-8-10-19(20)28-5/h8-13,15,17H,6-7,14,16H2,1-5H3,(H2,23,25,26). The van der Waals surface area contributed by atoms with E-state index >= 15 is 0 Å². The first-order valence-corrected chi connectivity index (χ1v) is 10.0. The number of anilines is 1. The van der Waals surface area contributed by atoms with Crippen LogP contribution in [-0.2, 0) is 6.54 Å². The molecule has 7 nitrogen and oxygen atoms in total. The summed E-state index contributed by atoms with van der Waals surface area (Å²) in [6.07, 6.45) is 1.85. The van der Waals surface area contributed by atoms with Crippen molar-refractivity contribution in [2.75, 3.05) is 38.7 Å². The van der Waals surface area contributed by atoms with Crippen LogP contribution in [-0.4, -0.2) is 50.8 Å². The fourth-order valence-corrected chi connectivity index (χ4v) is 2.88. The number of nitrogens with zero attached hydrogens (tertiary/aromatic N) is 3. The highest BCUT2D eigenvalue weighted by Crippen LogP contribution is 2.26. The van der Waals surface area contributed by atoms with Crippen LogP contribution in [0.1, 0.15) is 26.3 Å². The molecular weight excluding hydrogens is 366 g/mol. The average Bonchev–Trinajstić information content (AvgIpc) is 2.76. The summed E-state index contributed by atoms with van der Waals surface area (Å²) in [4.78, 5) is 11.1. The van der Waals surface area contributed by atoms with E-state index < -0.39 is 0 Å². The third-order valence-corrected chi connectivity index (χ3v) is 4.53. The minimum absolute atomic E-state index is 0.0557. The van der Waals surface area contributed by atoms with Gasteiger partial charge in [-0.05, 0) is 44.5 Å². The minimum Gasteiger partial charge on any atom is -0.493 e. The maximum atomic E-state index is 5.97. The third-order valence-electron chi connectivity index (χ3n) is 4.53. The van der Waals surface area contributed by atoms with Gasteiger partial charge in [0.25, 0.3) is 0 Å². The van der Waals surface area contributed by atoms with Crippen molar-refractivity contribution in [2.45, 2.75) is 33.4 Å². The lowest BCUT2D eigenvalue weighted by Crippen LogP contribution is -2.41. The second-order valence-electron chi connectivity index (χ2n) is 6.58. The molecule has 0 saturated heterocycles. The average molecular weight is 400 g/mol. The van der Waals surface area contributed by atoms with Gasteiger partial charge in [-0.3, -0.25) is 4.99 Å². The highest BCUT2D eigenvalue weighted by atomic mass is 16.5. The zero-order valence-electron chi connectivity index (χ0n) is 18.1. The van der Waals surface area contributed by atoms with E-state index in [9.17, 15) is 0 Å². The van der Waals surface area contributed by atoms with Crippen molar-refractivity contribution < 1.29 is 9.47 Å². The summed E-state index contributed by atoms with van der Waals surface area (Å²) < 4.78 is 11.3. The molecular formula is C22H33N5O2. The summed E-state index contributed by atoms with van der Waals surface area (Å²) in [5, 5.41) is 6.60. The summed E-state index contributed by atoms with van der Waals surface area (Å²) in [6.45, 7) is 9.43. The smallest absolute Gasteiger partial charge is 0.191 e. The molecule has 1 unspecified atom stereocenters. The van der Waals surface area contributed by atoms with Gasteiger partial charge in [-0.2, -0.15) is 0 Å². The first kappa shape index (κ1) is 22.3. The van der Waals surface area contributed by atoms with Gasteiger partial charge in [-0.25, -0.2) is 4.98 Å². The predicted molar refractivity (Wildman–Crippen MR) is 119 cm³/mol. The van der Waals surface area contributed by atoms with Gasteiger partial charge in [-0.15, -0.1) is 0 Å². The number of para-hydroxylation sites is 2. The number of benzene rings is 1. The second kappa shape index (κ2) is 11.8. The Morgan fingerprint density at radius 2 is 1.83 bits per heavy atom. The molecule has 0 spiro atoms. The van der Waals surface area contributed by atoms with Gasteiger partial charge >= 0.3 is 0 Å². The predicted octanol–water partition coefficient (Wildman–Crippen LogP) is 3.07. The quantitative estimate of drug-likeness (QED) is 0.473. The number of rotatable bonds is 10. The topological polar surface area (TPSA) is 71.0 Å². The Hall–Kier alpha value is -2.96. The molecule has 158 valence electrons. The molecule has 2 N–H and O–H groups in total. The van der Waals surface area contributed by atoms with E-state index in [2.05, 4.69) is 51.5 Å². The molecule has 1 aromatic heterocycles. The zero-order chi connectivity index (χ0) is 21.1. The van der Waals surface area contributed by atoms with E-state index in [0.29, 0.717) is 19.0 Å².